The van der Waals surface area contributed by atoms with Gasteiger partial charge in [-0.15, -0.1) is 0 Å². The van der Waals surface area contributed by atoms with Crippen LogP contribution in [0.15, 0.2) is 53.1 Å². The van der Waals surface area contributed by atoms with Crippen molar-refractivity contribution in [2.24, 2.45) is 0 Å². The summed E-state index contributed by atoms with van der Waals surface area (Å²) in [4.78, 5) is 26.9. The predicted octanol–water partition coefficient (Wildman–Crippen LogP) is 2.63. The van der Waals surface area contributed by atoms with Gasteiger partial charge >= 0.3 is 0 Å². The molecular weight excluding hydrogens is 348 g/mol. The number of non-ortho nitro benzene ring substituents is 1. The molecule has 2 aromatic carbocycles. The first-order chi connectivity index (χ1) is 13.1. The van der Waals surface area contributed by atoms with Crippen molar-refractivity contribution in [3.63, 3.8) is 0 Å². The third kappa shape index (κ3) is 3.46. The van der Waals surface area contributed by atoms with E-state index in [0.29, 0.717) is 37.5 Å². The molecule has 27 heavy (non-hydrogen) atoms. The number of nitrogens with zero attached hydrogens (tertiary/aromatic N) is 4. The minimum Gasteiger partial charge on any atom is -0.368 e. The van der Waals surface area contributed by atoms with Crippen molar-refractivity contribution in [2.75, 3.05) is 31.1 Å². The highest BCUT2D eigenvalue weighted by atomic mass is 16.6. The molecule has 0 saturated carbocycles. The summed E-state index contributed by atoms with van der Waals surface area (Å²) in [6, 6.07) is 14.0. The Morgan fingerprint density at radius 2 is 1.78 bits per heavy atom. The van der Waals surface area contributed by atoms with Crippen molar-refractivity contribution in [3.05, 3.63) is 64.3 Å². The smallest absolute Gasteiger partial charge is 0.269 e. The van der Waals surface area contributed by atoms with Gasteiger partial charge in [0.05, 0.1) is 11.3 Å². The molecule has 0 atom stereocenters. The number of rotatable bonds is 4. The molecule has 1 amide bonds. The maximum atomic E-state index is 12.6. The number of piperazine rings is 1. The number of anilines is 1. The highest BCUT2D eigenvalue weighted by Crippen LogP contribution is 2.22. The largest absolute Gasteiger partial charge is 0.368 e. The monoisotopic (exact) mass is 366 g/mol. The molecule has 0 radical (unpaired) electrons. The minimum atomic E-state index is -0.409. The highest BCUT2D eigenvalue weighted by Gasteiger charge is 2.23. The normalized spacial score (nSPS) is 14.5. The Labute approximate surface area is 155 Å². The molecule has 0 N–H and O–H groups in total. The lowest BCUT2D eigenvalue weighted by atomic mass is 10.1. The predicted molar refractivity (Wildman–Crippen MR) is 99.6 cm³/mol. The lowest BCUT2D eigenvalue weighted by Gasteiger charge is -2.36. The highest BCUT2D eigenvalue weighted by molar-refractivity contribution is 5.86. The van der Waals surface area contributed by atoms with E-state index in [4.69, 9.17) is 4.52 Å². The van der Waals surface area contributed by atoms with E-state index >= 15 is 0 Å². The molecule has 3 aromatic rings. The van der Waals surface area contributed by atoms with E-state index in [0.717, 1.165) is 11.1 Å². The molecule has 1 aliphatic heterocycles. The SMILES string of the molecule is O=C(Cc1noc2ccccc12)N1CCN(c2ccc([N+](=O)[O-])cc2)CC1. The molecule has 2 heterocycles. The Morgan fingerprint density at radius 3 is 2.48 bits per heavy atom. The number of hydrogen-bond acceptors (Lipinski definition) is 6. The van der Waals surface area contributed by atoms with Crippen LogP contribution in [0.2, 0.25) is 0 Å². The number of amides is 1. The number of nitro benzene ring substituents is 1. The van der Waals surface area contributed by atoms with Gasteiger partial charge in [-0.05, 0) is 24.3 Å². The second-order valence-electron chi connectivity index (χ2n) is 6.44. The summed E-state index contributed by atoms with van der Waals surface area (Å²) in [6.07, 6.45) is 0.217. The molecule has 1 saturated heterocycles. The van der Waals surface area contributed by atoms with Crippen LogP contribution in [0.4, 0.5) is 11.4 Å². The zero-order valence-electron chi connectivity index (χ0n) is 14.6. The van der Waals surface area contributed by atoms with E-state index < -0.39 is 4.92 Å². The molecule has 1 aliphatic rings. The molecule has 0 unspecified atom stereocenters. The lowest BCUT2D eigenvalue weighted by molar-refractivity contribution is -0.384. The summed E-state index contributed by atoms with van der Waals surface area (Å²) >= 11 is 0. The van der Waals surface area contributed by atoms with Crippen LogP contribution in [0.1, 0.15) is 5.69 Å². The summed E-state index contributed by atoms with van der Waals surface area (Å²) in [7, 11) is 0. The topological polar surface area (TPSA) is 92.7 Å². The Kier molecular flexibility index (Phi) is 4.45. The zero-order chi connectivity index (χ0) is 18.8. The molecule has 4 rings (SSSR count). The fourth-order valence-electron chi connectivity index (χ4n) is 3.32. The van der Waals surface area contributed by atoms with E-state index in [-0.39, 0.29) is 18.0 Å². The maximum Gasteiger partial charge on any atom is 0.269 e. The van der Waals surface area contributed by atoms with Gasteiger partial charge in [0.15, 0.2) is 5.58 Å². The summed E-state index contributed by atoms with van der Waals surface area (Å²) < 4.78 is 5.26. The van der Waals surface area contributed by atoms with Gasteiger partial charge in [0.25, 0.3) is 5.69 Å². The number of nitro groups is 1. The summed E-state index contributed by atoms with van der Waals surface area (Å²) in [5.74, 6) is 0.0254. The van der Waals surface area contributed by atoms with E-state index in [9.17, 15) is 14.9 Å². The third-order valence-corrected chi connectivity index (χ3v) is 4.83. The van der Waals surface area contributed by atoms with Crippen molar-refractivity contribution in [1.29, 1.82) is 0 Å². The van der Waals surface area contributed by atoms with Crippen LogP contribution in [-0.4, -0.2) is 47.1 Å². The number of para-hydroxylation sites is 1. The van der Waals surface area contributed by atoms with Crippen LogP contribution in [0.3, 0.4) is 0 Å². The maximum absolute atomic E-state index is 12.6. The van der Waals surface area contributed by atoms with Crippen molar-refractivity contribution in [3.8, 4) is 0 Å². The fraction of sp³-hybridized carbons (Fsp3) is 0.263. The van der Waals surface area contributed by atoms with Gasteiger partial charge in [-0.1, -0.05) is 17.3 Å². The quantitative estimate of drug-likeness (QED) is 0.521. The van der Waals surface area contributed by atoms with Crippen molar-refractivity contribution < 1.29 is 14.2 Å². The average Bonchev–Trinajstić information content (AvgIpc) is 3.11. The van der Waals surface area contributed by atoms with Crippen molar-refractivity contribution in [2.45, 2.75) is 6.42 Å². The number of benzene rings is 2. The summed E-state index contributed by atoms with van der Waals surface area (Å²) in [5.41, 5.74) is 2.35. The van der Waals surface area contributed by atoms with Crippen molar-refractivity contribution >= 4 is 28.3 Å². The number of aromatic nitrogens is 1. The molecule has 0 spiro atoms. The molecule has 1 aromatic heterocycles. The molecule has 8 nitrogen and oxygen atoms in total. The standard InChI is InChI=1S/C19H18N4O4/c24-19(13-17-16-3-1-2-4-18(16)27-20-17)22-11-9-21(10-12-22)14-5-7-15(8-6-14)23(25)26/h1-8H,9-13H2. The van der Waals surface area contributed by atoms with Crippen LogP contribution in [0.25, 0.3) is 11.0 Å². The van der Waals surface area contributed by atoms with Crippen LogP contribution in [-0.2, 0) is 11.2 Å². The molecule has 0 aliphatic carbocycles. The Hall–Kier alpha value is -3.42. The van der Waals surface area contributed by atoms with Crippen LogP contribution < -0.4 is 4.90 Å². The van der Waals surface area contributed by atoms with Gasteiger partial charge in [0.2, 0.25) is 5.91 Å². The second-order valence-corrected chi connectivity index (χ2v) is 6.44. The Bertz CT molecular complexity index is 975. The van der Waals surface area contributed by atoms with Crippen LogP contribution in [0.5, 0.6) is 0 Å². The van der Waals surface area contributed by atoms with Gasteiger partial charge in [-0.2, -0.15) is 0 Å². The number of fused-ring (bicyclic) bond motifs is 1. The second kappa shape index (κ2) is 7.06. The van der Waals surface area contributed by atoms with E-state index in [1.807, 2.05) is 29.2 Å². The van der Waals surface area contributed by atoms with Crippen LogP contribution >= 0.6 is 0 Å². The number of carbonyl (C=O) groups is 1. The number of carbonyl (C=O) groups excluding carboxylic acids is 1. The Morgan fingerprint density at radius 1 is 1.07 bits per heavy atom. The fourth-order valence-corrected chi connectivity index (χ4v) is 3.32. The molecule has 138 valence electrons. The first-order valence-electron chi connectivity index (χ1n) is 8.72. The molecule has 8 heteroatoms. The molecular formula is C19H18N4O4. The van der Waals surface area contributed by atoms with E-state index in [1.54, 1.807) is 12.1 Å². The summed E-state index contributed by atoms with van der Waals surface area (Å²) in [6.45, 7) is 2.57. The van der Waals surface area contributed by atoms with Gasteiger partial charge in [0.1, 0.15) is 5.69 Å². The van der Waals surface area contributed by atoms with Gasteiger partial charge in [0, 0.05) is 49.4 Å². The summed E-state index contributed by atoms with van der Waals surface area (Å²) in [5, 5.41) is 15.7. The first-order valence-corrected chi connectivity index (χ1v) is 8.72. The first kappa shape index (κ1) is 17.0. The minimum absolute atomic E-state index is 0.0254. The van der Waals surface area contributed by atoms with Gasteiger partial charge < -0.3 is 14.3 Å². The van der Waals surface area contributed by atoms with Gasteiger partial charge in [-0.25, -0.2) is 0 Å². The molecule has 0 bridgehead atoms. The Balaban J connectivity index is 1.37. The van der Waals surface area contributed by atoms with Crippen LogP contribution in [0, 0.1) is 10.1 Å². The zero-order valence-corrected chi connectivity index (χ0v) is 14.6. The van der Waals surface area contributed by atoms with Crippen molar-refractivity contribution in [1.82, 2.24) is 10.1 Å². The average molecular weight is 366 g/mol. The van der Waals surface area contributed by atoms with E-state index in [2.05, 4.69) is 10.1 Å². The lowest BCUT2D eigenvalue weighted by Crippen LogP contribution is -2.49. The van der Waals surface area contributed by atoms with E-state index in [1.165, 1.54) is 12.1 Å². The molecule has 1 fully saturated rings. The third-order valence-electron chi connectivity index (χ3n) is 4.83. The number of hydrogen-bond donors (Lipinski definition) is 0. The van der Waals surface area contributed by atoms with Gasteiger partial charge in [-0.3, -0.25) is 14.9 Å².